The van der Waals surface area contributed by atoms with Crippen LogP contribution in [0.2, 0.25) is 10.0 Å². The number of benzene rings is 2. The van der Waals surface area contributed by atoms with Crippen LogP contribution in [0.5, 0.6) is 0 Å². The molecule has 7 nitrogen and oxygen atoms in total. The average molecular weight is 434 g/mol. The molecular formula is C18H13Cl2N5O2S. The number of nitrogens with zero attached hydrogens (tertiary/aromatic N) is 2. The molecule has 0 saturated heterocycles. The number of hydrogen-bond donors (Lipinski definition) is 3. The second-order valence-corrected chi connectivity index (χ2v) is 8.49. The van der Waals surface area contributed by atoms with Crippen molar-refractivity contribution < 1.29 is 8.42 Å². The highest BCUT2D eigenvalue weighted by Gasteiger charge is 2.17. The van der Waals surface area contributed by atoms with Crippen LogP contribution in [0.25, 0.3) is 22.3 Å². The van der Waals surface area contributed by atoms with Crippen LogP contribution < -0.4 is 10.5 Å². The topological polar surface area (TPSA) is 114 Å². The molecule has 0 aliphatic rings. The van der Waals surface area contributed by atoms with Crippen LogP contribution in [0.4, 0.5) is 11.5 Å². The van der Waals surface area contributed by atoms with E-state index < -0.39 is 10.0 Å². The van der Waals surface area contributed by atoms with Crippen molar-refractivity contribution in [2.45, 2.75) is 4.90 Å². The lowest BCUT2D eigenvalue weighted by Crippen LogP contribution is -2.13. The Bertz CT molecular complexity index is 1300. The minimum atomic E-state index is -3.83. The summed E-state index contributed by atoms with van der Waals surface area (Å²) in [6, 6.07) is 14.4. The molecule has 0 spiro atoms. The van der Waals surface area contributed by atoms with Gasteiger partial charge >= 0.3 is 0 Å². The Labute approximate surface area is 170 Å². The smallest absolute Gasteiger partial charge is 0.261 e. The largest absolute Gasteiger partial charge is 0.380 e. The molecule has 4 N–H and O–H groups in total. The summed E-state index contributed by atoms with van der Waals surface area (Å²) in [5.74, 6) is 0.276. The summed E-state index contributed by atoms with van der Waals surface area (Å²) in [5, 5.41) is 7.34. The monoisotopic (exact) mass is 433 g/mol. The van der Waals surface area contributed by atoms with Crippen molar-refractivity contribution in [2.75, 3.05) is 10.5 Å². The fourth-order valence-corrected chi connectivity index (χ4v) is 4.31. The molecule has 0 aliphatic heterocycles. The zero-order valence-electron chi connectivity index (χ0n) is 14.1. The van der Waals surface area contributed by atoms with E-state index in [4.69, 9.17) is 28.9 Å². The molecule has 0 atom stereocenters. The first-order valence-corrected chi connectivity index (χ1v) is 10.3. The number of rotatable bonds is 4. The molecule has 2 heterocycles. The van der Waals surface area contributed by atoms with Crippen molar-refractivity contribution in [2.24, 2.45) is 0 Å². The molecule has 10 heteroatoms. The van der Waals surface area contributed by atoms with Gasteiger partial charge in [-0.1, -0.05) is 29.3 Å². The van der Waals surface area contributed by atoms with Gasteiger partial charge in [-0.05, 0) is 48.5 Å². The maximum absolute atomic E-state index is 12.6. The molecule has 0 bridgehead atoms. The van der Waals surface area contributed by atoms with Gasteiger partial charge in [-0.3, -0.25) is 9.82 Å². The van der Waals surface area contributed by atoms with Gasteiger partial charge in [0.15, 0.2) is 5.82 Å². The Morgan fingerprint density at radius 3 is 2.61 bits per heavy atom. The molecule has 0 aliphatic carbocycles. The van der Waals surface area contributed by atoms with E-state index in [1.165, 1.54) is 18.2 Å². The number of sulfonamides is 1. The molecule has 0 radical (unpaired) electrons. The van der Waals surface area contributed by atoms with E-state index in [0.717, 1.165) is 0 Å². The van der Waals surface area contributed by atoms with Gasteiger partial charge < -0.3 is 5.73 Å². The van der Waals surface area contributed by atoms with Gasteiger partial charge in [0, 0.05) is 10.6 Å². The van der Waals surface area contributed by atoms with Gasteiger partial charge in [-0.2, -0.15) is 5.10 Å². The molecule has 0 saturated carbocycles. The summed E-state index contributed by atoms with van der Waals surface area (Å²) in [4.78, 5) is 4.47. The Morgan fingerprint density at radius 1 is 1.04 bits per heavy atom. The average Bonchev–Trinajstić information content (AvgIpc) is 3.02. The highest BCUT2D eigenvalue weighted by atomic mass is 35.5. The number of aromatic amines is 1. The van der Waals surface area contributed by atoms with E-state index in [2.05, 4.69) is 19.9 Å². The third-order valence-electron chi connectivity index (χ3n) is 4.04. The zero-order valence-corrected chi connectivity index (χ0v) is 16.5. The number of nitrogens with one attached hydrogen (secondary N) is 2. The standard InChI is InChI=1S/C18H13Cl2N5O2S/c19-10-2-1-3-11(8-10)25-28(26,27)12-4-5-13(14(20)9-12)15-6-7-16-17(22-15)18(21)24-23-16/h1-9,25H,(H3,21,23,24). The van der Waals surface area contributed by atoms with Crippen LogP contribution in [0.1, 0.15) is 0 Å². The summed E-state index contributed by atoms with van der Waals surface area (Å²) in [6.45, 7) is 0. The molecule has 2 aromatic carbocycles. The summed E-state index contributed by atoms with van der Waals surface area (Å²) in [7, 11) is -3.83. The number of fused-ring (bicyclic) bond motifs is 1. The van der Waals surface area contributed by atoms with Gasteiger partial charge in [0.25, 0.3) is 10.0 Å². The van der Waals surface area contributed by atoms with Crippen molar-refractivity contribution in [1.82, 2.24) is 15.2 Å². The zero-order chi connectivity index (χ0) is 19.9. The maximum atomic E-state index is 12.6. The number of anilines is 2. The summed E-state index contributed by atoms with van der Waals surface area (Å²) in [5.41, 5.74) is 8.49. The molecule has 0 unspecified atom stereocenters. The van der Waals surface area contributed by atoms with Gasteiger partial charge in [-0.15, -0.1) is 0 Å². The van der Waals surface area contributed by atoms with Crippen molar-refractivity contribution in [3.8, 4) is 11.3 Å². The minimum absolute atomic E-state index is 0.0186. The highest BCUT2D eigenvalue weighted by Crippen LogP contribution is 2.31. The van der Waals surface area contributed by atoms with Gasteiger partial charge in [0.2, 0.25) is 0 Å². The first-order valence-electron chi connectivity index (χ1n) is 8.02. The van der Waals surface area contributed by atoms with E-state index in [-0.39, 0.29) is 15.7 Å². The van der Waals surface area contributed by atoms with Crippen molar-refractivity contribution in [3.63, 3.8) is 0 Å². The fraction of sp³-hybridized carbons (Fsp3) is 0. The lowest BCUT2D eigenvalue weighted by molar-refractivity contribution is 0.601. The van der Waals surface area contributed by atoms with Crippen LogP contribution in [0.15, 0.2) is 59.5 Å². The van der Waals surface area contributed by atoms with E-state index in [1.54, 1.807) is 36.4 Å². The Kier molecular flexibility index (Phi) is 4.62. The molecule has 0 fully saturated rings. The number of aromatic nitrogens is 3. The predicted octanol–water partition coefficient (Wildman–Crippen LogP) is 4.31. The number of H-pyrrole nitrogens is 1. The SMILES string of the molecule is Nc1n[nH]c2ccc(-c3ccc(S(=O)(=O)Nc4cccc(Cl)c4)cc3Cl)nc12. The first kappa shape index (κ1) is 18.5. The normalized spacial score (nSPS) is 11.6. The van der Waals surface area contributed by atoms with Gasteiger partial charge in [0.1, 0.15) is 5.52 Å². The number of halogens is 2. The molecule has 2 aromatic heterocycles. The van der Waals surface area contributed by atoms with E-state index in [1.807, 2.05) is 0 Å². The second kappa shape index (κ2) is 6.97. The van der Waals surface area contributed by atoms with E-state index in [0.29, 0.717) is 33.0 Å². The van der Waals surface area contributed by atoms with Crippen LogP contribution in [0.3, 0.4) is 0 Å². The van der Waals surface area contributed by atoms with Crippen LogP contribution in [-0.4, -0.2) is 23.6 Å². The number of nitrogens with two attached hydrogens (primary N) is 1. The Hall–Kier alpha value is -2.81. The second-order valence-electron chi connectivity index (χ2n) is 5.96. The third-order valence-corrected chi connectivity index (χ3v) is 5.97. The summed E-state index contributed by atoms with van der Waals surface area (Å²) in [6.07, 6.45) is 0. The van der Waals surface area contributed by atoms with Crippen molar-refractivity contribution >= 4 is 55.8 Å². The van der Waals surface area contributed by atoms with Crippen LogP contribution >= 0.6 is 23.2 Å². The lowest BCUT2D eigenvalue weighted by atomic mass is 10.1. The molecule has 142 valence electrons. The Balaban J connectivity index is 1.69. The maximum Gasteiger partial charge on any atom is 0.261 e. The molecule has 4 aromatic rings. The third kappa shape index (κ3) is 3.49. The summed E-state index contributed by atoms with van der Waals surface area (Å²) < 4.78 is 27.8. The van der Waals surface area contributed by atoms with Crippen molar-refractivity contribution in [1.29, 1.82) is 0 Å². The van der Waals surface area contributed by atoms with Crippen LogP contribution in [-0.2, 0) is 10.0 Å². The first-order chi connectivity index (χ1) is 13.3. The minimum Gasteiger partial charge on any atom is -0.380 e. The van der Waals surface area contributed by atoms with Gasteiger partial charge in [-0.25, -0.2) is 13.4 Å². The van der Waals surface area contributed by atoms with Crippen molar-refractivity contribution in [3.05, 3.63) is 64.6 Å². The van der Waals surface area contributed by atoms with Gasteiger partial charge in [0.05, 0.1) is 26.8 Å². The predicted molar refractivity (Wildman–Crippen MR) is 111 cm³/mol. The van der Waals surface area contributed by atoms with E-state index in [9.17, 15) is 8.42 Å². The number of hydrogen-bond acceptors (Lipinski definition) is 5. The molecule has 28 heavy (non-hydrogen) atoms. The highest BCUT2D eigenvalue weighted by molar-refractivity contribution is 7.92. The molecular weight excluding hydrogens is 421 g/mol. The molecule has 4 rings (SSSR count). The Morgan fingerprint density at radius 2 is 1.86 bits per heavy atom. The van der Waals surface area contributed by atoms with Crippen LogP contribution in [0, 0.1) is 0 Å². The number of nitrogen functional groups attached to an aromatic ring is 1. The lowest BCUT2D eigenvalue weighted by Gasteiger charge is -2.10. The fourth-order valence-electron chi connectivity index (χ4n) is 2.70. The molecule has 0 amide bonds. The quantitative estimate of drug-likeness (QED) is 0.443. The number of pyridine rings is 1. The summed E-state index contributed by atoms with van der Waals surface area (Å²) >= 11 is 12.3. The van der Waals surface area contributed by atoms with E-state index >= 15 is 0 Å².